The highest BCUT2D eigenvalue weighted by molar-refractivity contribution is 6.12. The van der Waals surface area contributed by atoms with Crippen LogP contribution in [0, 0.1) is 0 Å². The van der Waals surface area contributed by atoms with Crippen molar-refractivity contribution in [2.75, 3.05) is 0 Å². The molecule has 0 unspecified atom stereocenters. The molecule has 5 aromatic carbocycles. The molecule has 0 N–H and O–H groups in total. The Bertz CT molecular complexity index is 3180. The molecule has 0 saturated heterocycles. The van der Waals surface area contributed by atoms with Gasteiger partial charge in [-0.25, -0.2) is 9.97 Å². The normalized spacial score (nSPS) is 11.6. The number of hydrogen-bond acceptors (Lipinski definition) is 4. The van der Waals surface area contributed by atoms with Gasteiger partial charge in [-0.05, 0) is 119 Å². The minimum absolute atomic E-state index is 0.801. The predicted octanol–water partition coefficient (Wildman–Crippen LogP) is 12.1. The Morgan fingerprint density at radius 2 is 0.929 bits per heavy atom. The fourth-order valence-corrected chi connectivity index (χ4v) is 8.11. The van der Waals surface area contributed by atoms with Gasteiger partial charge in [-0.1, -0.05) is 78.9 Å². The number of nitrogens with zero attached hydrogens (tertiary/aromatic N) is 6. The molecule has 6 nitrogen and oxygen atoms in total. The lowest BCUT2D eigenvalue weighted by atomic mass is 10.0. The van der Waals surface area contributed by atoms with E-state index in [0.717, 1.165) is 84.0 Å². The number of aromatic nitrogens is 6. The highest BCUT2D eigenvalue weighted by Gasteiger charge is 2.17. The van der Waals surface area contributed by atoms with Gasteiger partial charge in [0.15, 0.2) is 0 Å². The van der Waals surface area contributed by atoms with Crippen LogP contribution in [0.3, 0.4) is 0 Å². The second kappa shape index (κ2) is 13.0. The van der Waals surface area contributed by atoms with Crippen LogP contribution < -0.4 is 0 Å². The molecule has 11 aromatic rings. The maximum atomic E-state index is 5.01. The molecule has 262 valence electrons. The Morgan fingerprint density at radius 1 is 0.304 bits per heavy atom. The highest BCUT2D eigenvalue weighted by Crippen LogP contribution is 2.39. The molecule has 11 rings (SSSR count). The minimum atomic E-state index is 0.801. The lowest BCUT2D eigenvalue weighted by molar-refractivity contribution is 1.14. The molecular formula is C50H32N6. The number of pyridine rings is 4. The number of fused-ring (bicyclic) bond motifs is 6. The van der Waals surface area contributed by atoms with E-state index >= 15 is 0 Å². The van der Waals surface area contributed by atoms with Crippen LogP contribution >= 0.6 is 0 Å². The molecule has 0 atom stereocenters. The summed E-state index contributed by atoms with van der Waals surface area (Å²) >= 11 is 0. The van der Waals surface area contributed by atoms with Crippen molar-refractivity contribution in [3.63, 3.8) is 0 Å². The van der Waals surface area contributed by atoms with E-state index in [1.807, 2.05) is 54.7 Å². The first-order valence-corrected chi connectivity index (χ1v) is 18.7. The summed E-state index contributed by atoms with van der Waals surface area (Å²) in [6, 6.07) is 61.8. The summed E-state index contributed by atoms with van der Waals surface area (Å²) in [6.07, 6.45) is 5.48. The van der Waals surface area contributed by atoms with Crippen molar-refractivity contribution in [2.45, 2.75) is 0 Å². The van der Waals surface area contributed by atoms with Gasteiger partial charge < -0.3 is 4.57 Å². The topological polar surface area (TPSA) is 61.4 Å². The zero-order chi connectivity index (χ0) is 37.0. The molecule has 56 heavy (non-hydrogen) atoms. The fraction of sp³-hybridized carbons (Fsp3) is 0. The number of rotatable bonds is 6. The molecule has 0 bridgehead atoms. The first kappa shape index (κ1) is 31.8. The third-order valence-corrected chi connectivity index (χ3v) is 10.7. The zero-order valence-electron chi connectivity index (χ0n) is 30.2. The van der Waals surface area contributed by atoms with Gasteiger partial charge in [-0.3, -0.25) is 14.5 Å². The van der Waals surface area contributed by atoms with Crippen molar-refractivity contribution in [3.05, 3.63) is 195 Å². The molecule has 0 aliphatic carbocycles. The predicted molar refractivity (Wildman–Crippen MR) is 228 cm³/mol. The van der Waals surface area contributed by atoms with Gasteiger partial charge in [0.2, 0.25) is 0 Å². The van der Waals surface area contributed by atoms with Crippen molar-refractivity contribution in [1.29, 1.82) is 0 Å². The quantitative estimate of drug-likeness (QED) is 0.172. The van der Waals surface area contributed by atoms with Gasteiger partial charge in [0.05, 0.1) is 39.3 Å². The number of hydrogen-bond donors (Lipinski definition) is 0. The molecular weight excluding hydrogens is 685 g/mol. The average Bonchev–Trinajstić information content (AvgIpc) is 3.79. The second-order valence-corrected chi connectivity index (χ2v) is 14.0. The molecule has 0 amide bonds. The Morgan fingerprint density at radius 3 is 1.71 bits per heavy atom. The van der Waals surface area contributed by atoms with Crippen LogP contribution in [0.5, 0.6) is 0 Å². The van der Waals surface area contributed by atoms with Crippen LogP contribution in [-0.2, 0) is 0 Å². The largest absolute Gasteiger partial charge is 0.309 e. The maximum absolute atomic E-state index is 5.01. The summed E-state index contributed by atoms with van der Waals surface area (Å²) in [7, 11) is 0. The first-order valence-electron chi connectivity index (χ1n) is 18.7. The van der Waals surface area contributed by atoms with Gasteiger partial charge in [-0.15, -0.1) is 0 Å². The zero-order valence-corrected chi connectivity index (χ0v) is 30.2. The van der Waals surface area contributed by atoms with Crippen LogP contribution in [0.4, 0.5) is 0 Å². The second-order valence-electron chi connectivity index (χ2n) is 14.0. The Hall–Kier alpha value is -7.70. The van der Waals surface area contributed by atoms with E-state index in [-0.39, 0.29) is 0 Å². The average molecular weight is 717 g/mol. The van der Waals surface area contributed by atoms with Gasteiger partial charge >= 0.3 is 0 Å². The van der Waals surface area contributed by atoms with Crippen molar-refractivity contribution >= 4 is 43.7 Å². The molecule has 6 heterocycles. The van der Waals surface area contributed by atoms with Gasteiger partial charge in [0.25, 0.3) is 0 Å². The van der Waals surface area contributed by atoms with Crippen molar-refractivity contribution in [1.82, 2.24) is 29.1 Å². The fourth-order valence-electron chi connectivity index (χ4n) is 8.11. The highest BCUT2D eigenvalue weighted by atomic mass is 15.0. The molecule has 0 aliphatic rings. The Kier molecular flexibility index (Phi) is 7.38. The molecule has 0 spiro atoms. The molecule has 6 aromatic heterocycles. The van der Waals surface area contributed by atoms with Crippen molar-refractivity contribution < 1.29 is 0 Å². The lowest BCUT2D eigenvalue weighted by Crippen LogP contribution is -1.96. The maximum Gasteiger partial charge on any atom is 0.145 e. The van der Waals surface area contributed by atoms with Crippen molar-refractivity contribution in [2.24, 2.45) is 0 Å². The Labute approximate surface area is 322 Å². The number of benzene rings is 5. The summed E-state index contributed by atoms with van der Waals surface area (Å²) < 4.78 is 4.64. The molecule has 0 aliphatic heterocycles. The summed E-state index contributed by atoms with van der Waals surface area (Å²) in [6.45, 7) is 0. The molecule has 0 saturated carbocycles. The third kappa shape index (κ3) is 5.27. The van der Waals surface area contributed by atoms with E-state index < -0.39 is 0 Å². The van der Waals surface area contributed by atoms with E-state index in [2.05, 4.69) is 146 Å². The minimum Gasteiger partial charge on any atom is -0.309 e. The monoisotopic (exact) mass is 716 g/mol. The molecule has 0 fully saturated rings. The SMILES string of the molecule is c1ccc(-n2c3ccc(-c4ccc5c6ccccc6n(-c6cccc(-c7cc(-c8ccccn8)nc(-c8ccccn8)c7)c6)c5c4)cc3c3cccnc32)cc1. The summed E-state index contributed by atoms with van der Waals surface area (Å²) in [5.74, 6) is 0. The van der Waals surface area contributed by atoms with Crippen molar-refractivity contribution in [3.8, 4) is 56.4 Å². The van der Waals surface area contributed by atoms with Gasteiger partial charge in [0, 0.05) is 51.5 Å². The van der Waals surface area contributed by atoms with Gasteiger partial charge in [-0.2, -0.15) is 0 Å². The van der Waals surface area contributed by atoms with E-state index in [1.165, 1.54) is 16.2 Å². The summed E-state index contributed by atoms with van der Waals surface area (Å²) in [4.78, 5) is 19.1. The standard InChI is InChI=1S/C50H32N6/c1-2-13-37(14-3-1)56-48-24-22-34(29-42(48)41-17-11-27-53-50(41)56)35-21-23-40-39-16-4-5-20-47(39)55(49(40)32-35)38-15-10-12-33(28-38)36-30-45(43-18-6-8-25-51-43)54-46(31-36)44-19-7-9-26-52-44/h1-32H. The van der Waals surface area contributed by atoms with Crippen LogP contribution in [0.15, 0.2) is 195 Å². The summed E-state index contributed by atoms with van der Waals surface area (Å²) in [5.41, 5.74) is 14.2. The van der Waals surface area contributed by atoms with E-state index in [9.17, 15) is 0 Å². The van der Waals surface area contributed by atoms with Crippen LogP contribution in [0.25, 0.3) is 100 Å². The van der Waals surface area contributed by atoms with E-state index in [1.54, 1.807) is 12.4 Å². The Balaban J connectivity index is 1.08. The van der Waals surface area contributed by atoms with Crippen LogP contribution in [-0.4, -0.2) is 29.1 Å². The van der Waals surface area contributed by atoms with Crippen LogP contribution in [0.2, 0.25) is 0 Å². The molecule has 6 heteroatoms. The summed E-state index contributed by atoms with van der Waals surface area (Å²) in [5, 5.41) is 4.73. The third-order valence-electron chi connectivity index (χ3n) is 10.7. The number of para-hydroxylation sites is 2. The van der Waals surface area contributed by atoms with E-state index in [4.69, 9.17) is 9.97 Å². The lowest BCUT2D eigenvalue weighted by Gasteiger charge is -2.13. The van der Waals surface area contributed by atoms with Crippen LogP contribution in [0.1, 0.15) is 0 Å². The van der Waals surface area contributed by atoms with E-state index in [0.29, 0.717) is 0 Å². The molecule has 0 radical (unpaired) electrons. The van der Waals surface area contributed by atoms with Gasteiger partial charge in [0.1, 0.15) is 5.65 Å². The first-order chi connectivity index (χ1) is 27.8. The smallest absolute Gasteiger partial charge is 0.145 e.